The summed E-state index contributed by atoms with van der Waals surface area (Å²) in [7, 11) is 0. The molecule has 1 aromatic carbocycles. The normalized spacial score (nSPS) is 14.5. The summed E-state index contributed by atoms with van der Waals surface area (Å²) in [5.74, 6) is 0.576. The van der Waals surface area contributed by atoms with Gasteiger partial charge in [0.15, 0.2) is 11.5 Å². The first-order valence-electron chi connectivity index (χ1n) is 6.87. The average Bonchev–Trinajstić information content (AvgIpc) is 3.23. The molecule has 2 aromatic heterocycles. The molecule has 1 aliphatic carbocycles. The van der Waals surface area contributed by atoms with Crippen LogP contribution in [0.25, 0.3) is 5.65 Å². The number of benzene rings is 1. The Morgan fingerprint density at radius 3 is 2.86 bits per heavy atom. The predicted octanol–water partition coefficient (Wildman–Crippen LogP) is 1.83. The Labute approximate surface area is 120 Å². The Balaban J connectivity index is 1.69. The van der Waals surface area contributed by atoms with Crippen molar-refractivity contribution in [3.63, 3.8) is 0 Å². The van der Waals surface area contributed by atoms with Crippen molar-refractivity contribution >= 4 is 11.5 Å². The fraction of sp³-hybridized carbons (Fsp3) is 0.286. The number of nitrogens with zero attached hydrogens (tertiary/aromatic N) is 6. The Bertz CT molecular complexity index is 782. The van der Waals surface area contributed by atoms with Crippen molar-refractivity contribution in [1.82, 2.24) is 25.3 Å². The van der Waals surface area contributed by atoms with Gasteiger partial charge in [-0.3, -0.25) is 0 Å². The zero-order chi connectivity index (χ0) is 14.2. The molecule has 6 nitrogen and oxygen atoms in total. The van der Waals surface area contributed by atoms with Gasteiger partial charge in [0.1, 0.15) is 5.82 Å². The first-order valence-corrected chi connectivity index (χ1v) is 6.87. The van der Waals surface area contributed by atoms with E-state index in [0.717, 1.165) is 18.7 Å². The second-order valence-electron chi connectivity index (χ2n) is 5.17. The lowest BCUT2D eigenvalue weighted by Gasteiger charge is -2.23. The highest BCUT2D eigenvalue weighted by Crippen LogP contribution is 2.32. The minimum Gasteiger partial charge on any atom is -0.348 e. The molecule has 0 atom stereocenters. The van der Waals surface area contributed by atoms with Crippen molar-refractivity contribution in [1.29, 1.82) is 0 Å². The molecule has 0 bridgehead atoms. The van der Waals surface area contributed by atoms with Gasteiger partial charge in [-0.2, -0.15) is 0 Å². The maximum atomic E-state index is 13.9. The number of hydrogen-bond acceptors (Lipinski definition) is 5. The Morgan fingerprint density at radius 1 is 1.19 bits per heavy atom. The van der Waals surface area contributed by atoms with Crippen LogP contribution in [0.5, 0.6) is 0 Å². The maximum Gasteiger partial charge on any atom is 0.200 e. The van der Waals surface area contributed by atoms with Crippen molar-refractivity contribution in [2.75, 3.05) is 4.90 Å². The molecular weight excluding hydrogens is 271 g/mol. The third kappa shape index (κ3) is 2.31. The lowest BCUT2D eigenvalue weighted by Crippen LogP contribution is -2.27. The summed E-state index contributed by atoms with van der Waals surface area (Å²) >= 11 is 0. The summed E-state index contributed by atoms with van der Waals surface area (Å²) in [5, 5.41) is 15.6. The zero-order valence-electron chi connectivity index (χ0n) is 11.2. The van der Waals surface area contributed by atoms with Gasteiger partial charge in [0.05, 0.1) is 0 Å². The third-order valence-electron chi connectivity index (χ3n) is 3.64. The van der Waals surface area contributed by atoms with E-state index in [2.05, 4.69) is 25.5 Å². The second kappa shape index (κ2) is 4.76. The SMILES string of the molecule is Fc1ccccc1CN(c1ccc2nnnn2n1)C1CC1. The van der Waals surface area contributed by atoms with E-state index in [1.54, 1.807) is 12.1 Å². The van der Waals surface area contributed by atoms with E-state index >= 15 is 0 Å². The fourth-order valence-electron chi connectivity index (χ4n) is 2.39. The fourth-order valence-corrected chi connectivity index (χ4v) is 2.39. The molecule has 0 radical (unpaired) electrons. The molecule has 21 heavy (non-hydrogen) atoms. The van der Waals surface area contributed by atoms with Crippen LogP contribution in [0, 0.1) is 5.82 Å². The zero-order valence-corrected chi connectivity index (χ0v) is 11.2. The third-order valence-corrected chi connectivity index (χ3v) is 3.64. The van der Waals surface area contributed by atoms with Crippen LogP contribution in [-0.2, 0) is 6.54 Å². The highest BCUT2D eigenvalue weighted by Gasteiger charge is 2.31. The van der Waals surface area contributed by atoms with E-state index < -0.39 is 0 Å². The van der Waals surface area contributed by atoms with Gasteiger partial charge in [0, 0.05) is 18.2 Å². The van der Waals surface area contributed by atoms with Gasteiger partial charge in [-0.1, -0.05) is 18.2 Å². The highest BCUT2D eigenvalue weighted by atomic mass is 19.1. The van der Waals surface area contributed by atoms with E-state index in [4.69, 9.17) is 0 Å². The maximum absolute atomic E-state index is 13.9. The molecule has 2 heterocycles. The van der Waals surface area contributed by atoms with Crippen LogP contribution in [0.2, 0.25) is 0 Å². The molecule has 1 fully saturated rings. The minimum atomic E-state index is -0.188. The molecule has 1 aliphatic rings. The van der Waals surface area contributed by atoms with E-state index in [0.29, 0.717) is 23.8 Å². The highest BCUT2D eigenvalue weighted by molar-refractivity contribution is 5.46. The Morgan fingerprint density at radius 2 is 2.05 bits per heavy atom. The van der Waals surface area contributed by atoms with Gasteiger partial charge in [0.2, 0.25) is 0 Å². The van der Waals surface area contributed by atoms with Crippen LogP contribution in [-0.4, -0.2) is 31.3 Å². The van der Waals surface area contributed by atoms with Gasteiger partial charge < -0.3 is 4.90 Å². The van der Waals surface area contributed by atoms with Crippen molar-refractivity contribution in [2.45, 2.75) is 25.4 Å². The summed E-state index contributed by atoms with van der Waals surface area (Å²) in [6, 6.07) is 10.9. The number of halogens is 1. The minimum absolute atomic E-state index is 0.188. The average molecular weight is 284 g/mol. The number of rotatable bonds is 4. The van der Waals surface area contributed by atoms with Crippen molar-refractivity contribution in [3.05, 3.63) is 47.8 Å². The number of fused-ring (bicyclic) bond motifs is 1. The molecule has 0 N–H and O–H groups in total. The molecule has 0 unspecified atom stereocenters. The van der Waals surface area contributed by atoms with Crippen molar-refractivity contribution in [3.8, 4) is 0 Å². The number of aromatic nitrogens is 5. The first kappa shape index (κ1) is 12.2. The van der Waals surface area contributed by atoms with Crippen molar-refractivity contribution in [2.24, 2.45) is 0 Å². The molecule has 0 saturated heterocycles. The van der Waals surface area contributed by atoms with Crippen LogP contribution >= 0.6 is 0 Å². The van der Waals surface area contributed by atoms with E-state index in [1.165, 1.54) is 10.7 Å². The lowest BCUT2D eigenvalue weighted by molar-refractivity contribution is 0.600. The molecule has 3 aromatic rings. The number of hydrogen-bond donors (Lipinski definition) is 0. The van der Waals surface area contributed by atoms with Crippen LogP contribution in [0.1, 0.15) is 18.4 Å². The topological polar surface area (TPSA) is 59.2 Å². The van der Waals surface area contributed by atoms with Gasteiger partial charge in [-0.05, 0) is 41.5 Å². The summed E-state index contributed by atoms with van der Waals surface area (Å²) < 4.78 is 15.3. The van der Waals surface area contributed by atoms with E-state index in [9.17, 15) is 4.39 Å². The quantitative estimate of drug-likeness (QED) is 0.731. The largest absolute Gasteiger partial charge is 0.348 e. The summed E-state index contributed by atoms with van der Waals surface area (Å²) in [5.41, 5.74) is 1.27. The molecule has 1 saturated carbocycles. The number of anilines is 1. The molecule has 4 rings (SSSR count). The Kier molecular flexibility index (Phi) is 2.77. The van der Waals surface area contributed by atoms with Crippen LogP contribution in [0.3, 0.4) is 0 Å². The monoisotopic (exact) mass is 284 g/mol. The molecule has 0 spiro atoms. The lowest BCUT2D eigenvalue weighted by atomic mass is 10.2. The van der Waals surface area contributed by atoms with Crippen LogP contribution in [0.4, 0.5) is 10.2 Å². The second-order valence-corrected chi connectivity index (χ2v) is 5.17. The number of tetrazole rings is 1. The molecule has 0 aliphatic heterocycles. The van der Waals surface area contributed by atoms with Crippen LogP contribution in [0.15, 0.2) is 36.4 Å². The summed E-state index contributed by atoms with van der Waals surface area (Å²) in [6.07, 6.45) is 2.20. The summed E-state index contributed by atoms with van der Waals surface area (Å²) in [4.78, 5) is 2.11. The van der Waals surface area contributed by atoms with E-state index in [1.807, 2.05) is 18.2 Å². The molecule has 0 amide bonds. The van der Waals surface area contributed by atoms with Gasteiger partial charge in [-0.15, -0.1) is 14.8 Å². The predicted molar refractivity (Wildman–Crippen MR) is 74.2 cm³/mol. The van der Waals surface area contributed by atoms with Gasteiger partial charge >= 0.3 is 0 Å². The summed E-state index contributed by atoms with van der Waals surface area (Å²) in [6.45, 7) is 0.498. The molecule has 7 heteroatoms. The Hall–Kier alpha value is -2.57. The standard InChI is InChI=1S/C14H13FN6/c15-12-4-2-1-3-10(12)9-20(11-5-6-11)14-8-7-13-16-18-19-21(13)17-14/h1-4,7-8,11H,5-6,9H2. The van der Waals surface area contributed by atoms with Crippen molar-refractivity contribution < 1.29 is 4.39 Å². The molecular formula is C14H13FN6. The van der Waals surface area contributed by atoms with E-state index in [-0.39, 0.29) is 5.82 Å². The van der Waals surface area contributed by atoms with Gasteiger partial charge in [-0.25, -0.2) is 4.39 Å². The van der Waals surface area contributed by atoms with Gasteiger partial charge in [0.25, 0.3) is 0 Å². The smallest absolute Gasteiger partial charge is 0.200 e. The van der Waals surface area contributed by atoms with Crippen LogP contribution < -0.4 is 4.90 Å². The molecule has 106 valence electrons. The first-order chi connectivity index (χ1) is 10.3.